The number of halogens is 2. The normalized spacial score (nSPS) is 10.2. The summed E-state index contributed by atoms with van der Waals surface area (Å²) in [4.78, 5) is 12.2. The number of hydrogen-bond donors (Lipinski definition) is 3. The van der Waals surface area contributed by atoms with Gasteiger partial charge in [0.25, 0.3) is 5.91 Å². The van der Waals surface area contributed by atoms with Crippen LogP contribution in [0.25, 0.3) is 0 Å². The SMILES string of the molecule is Cc1cc(C(=O)Nc2cc(Br)ccc2Cl)ccc1NN. The summed E-state index contributed by atoms with van der Waals surface area (Å²) in [6, 6.07) is 10.5. The molecule has 0 saturated carbocycles. The standard InChI is InChI=1S/C14H13BrClN3O/c1-8-6-9(2-5-12(8)19-17)14(20)18-13-7-10(15)3-4-11(13)16/h2-7,19H,17H2,1H3,(H,18,20). The summed E-state index contributed by atoms with van der Waals surface area (Å²) in [5.41, 5.74) is 5.34. The molecule has 2 aromatic rings. The Morgan fingerprint density at radius 2 is 1.95 bits per heavy atom. The predicted molar refractivity (Wildman–Crippen MR) is 86.1 cm³/mol. The monoisotopic (exact) mass is 353 g/mol. The maximum Gasteiger partial charge on any atom is 0.255 e. The summed E-state index contributed by atoms with van der Waals surface area (Å²) in [6.45, 7) is 1.87. The molecule has 0 unspecified atom stereocenters. The summed E-state index contributed by atoms with van der Waals surface area (Å²) < 4.78 is 0.844. The molecule has 0 bridgehead atoms. The minimum atomic E-state index is -0.225. The van der Waals surface area contributed by atoms with Gasteiger partial charge >= 0.3 is 0 Å². The second-order valence-electron chi connectivity index (χ2n) is 4.25. The Kier molecular flexibility index (Phi) is 4.65. The van der Waals surface area contributed by atoms with Gasteiger partial charge in [0.15, 0.2) is 0 Å². The van der Waals surface area contributed by atoms with Gasteiger partial charge in [0.1, 0.15) is 0 Å². The largest absolute Gasteiger partial charge is 0.324 e. The third-order valence-corrected chi connectivity index (χ3v) is 3.64. The van der Waals surface area contributed by atoms with E-state index in [4.69, 9.17) is 17.4 Å². The fraction of sp³-hybridized carbons (Fsp3) is 0.0714. The van der Waals surface area contributed by atoms with Gasteiger partial charge in [-0.15, -0.1) is 0 Å². The van der Waals surface area contributed by atoms with Gasteiger partial charge in [-0.05, 0) is 48.9 Å². The molecular weight excluding hydrogens is 342 g/mol. The van der Waals surface area contributed by atoms with Crippen LogP contribution in [0.4, 0.5) is 11.4 Å². The molecule has 4 N–H and O–H groups in total. The molecule has 0 saturated heterocycles. The van der Waals surface area contributed by atoms with Crippen LogP contribution in [0.15, 0.2) is 40.9 Å². The van der Waals surface area contributed by atoms with Crippen molar-refractivity contribution in [1.82, 2.24) is 0 Å². The Hall–Kier alpha value is -1.56. The number of nitrogens with one attached hydrogen (secondary N) is 2. The minimum Gasteiger partial charge on any atom is -0.324 e. The van der Waals surface area contributed by atoms with Crippen molar-refractivity contribution in [2.24, 2.45) is 5.84 Å². The van der Waals surface area contributed by atoms with Crippen molar-refractivity contribution in [3.63, 3.8) is 0 Å². The van der Waals surface area contributed by atoms with E-state index >= 15 is 0 Å². The summed E-state index contributed by atoms with van der Waals surface area (Å²) in [7, 11) is 0. The zero-order chi connectivity index (χ0) is 14.7. The molecule has 0 aliphatic carbocycles. The van der Waals surface area contributed by atoms with Crippen LogP contribution < -0.4 is 16.6 Å². The number of anilines is 2. The maximum absolute atomic E-state index is 12.2. The van der Waals surface area contributed by atoms with E-state index in [1.54, 1.807) is 30.3 Å². The second kappa shape index (κ2) is 6.26. The Balaban J connectivity index is 2.24. The van der Waals surface area contributed by atoms with Gasteiger partial charge in [-0.1, -0.05) is 27.5 Å². The topological polar surface area (TPSA) is 67.2 Å². The number of carbonyl (C=O) groups is 1. The highest BCUT2D eigenvalue weighted by Crippen LogP contribution is 2.26. The van der Waals surface area contributed by atoms with Crippen LogP contribution in [0.5, 0.6) is 0 Å². The van der Waals surface area contributed by atoms with Gasteiger partial charge in [-0.25, -0.2) is 0 Å². The lowest BCUT2D eigenvalue weighted by atomic mass is 10.1. The highest BCUT2D eigenvalue weighted by atomic mass is 79.9. The molecule has 104 valence electrons. The number of nitrogen functional groups attached to an aromatic ring is 1. The van der Waals surface area contributed by atoms with Crippen LogP contribution in [0.1, 0.15) is 15.9 Å². The number of benzene rings is 2. The molecule has 2 rings (SSSR count). The van der Waals surface area contributed by atoms with Crippen LogP contribution in [0.2, 0.25) is 5.02 Å². The molecule has 0 atom stereocenters. The fourth-order valence-electron chi connectivity index (χ4n) is 1.75. The first-order valence-electron chi connectivity index (χ1n) is 5.85. The zero-order valence-electron chi connectivity index (χ0n) is 10.7. The van der Waals surface area contributed by atoms with Crippen LogP contribution in [0.3, 0.4) is 0 Å². The molecule has 2 aromatic carbocycles. The van der Waals surface area contributed by atoms with E-state index in [2.05, 4.69) is 26.7 Å². The molecule has 20 heavy (non-hydrogen) atoms. The molecule has 4 nitrogen and oxygen atoms in total. The summed E-state index contributed by atoms with van der Waals surface area (Å²) in [6.07, 6.45) is 0. The van der Waals surface area contributed by atoms with Crippen molar-refractivity contribution in [1.29, 1.82) is 0 Å². The number of carbonyl (C=O) groups excluding carboxylic acids is 1. The Bertz CT molecular complexity index is 661. The van der Waals surface area contributed by atoms with Gasteiger partial charge in [0, 0.05) is 10.0 Å². The van der Waals surface area contributed by atoms with Crippen molar-refractivity contribution in [2.75, 3.05) is 10.7 Å². The molecule has 6 heteroatoms. The number of hydrazine groups is 1. The van der Waals surface area contributed by atoms with E-state index in [1.807, 2.05) is 13.0 Å². The number of nitrogens with two attached hydrogens (primary N) is 1. The van der Waals surface area contributed by atoms with Gasteiger partial charge in [0.2, 0.25) is 0 Å². The Morgan fingerprint density at radius 3 is 2.60 bits per heavy atom. The lowest BCUT2D eigenvalue weighted by molar-refractivity contribution is 0.102. The molecule has 0 aliphatic rings. The van der Waals surface area contributed by atoms with Crippen LogP contribution in [-0.2, 0) is 0 Å². The van der Waals surface area contributed by atoms with E-state index in [-0.39, 0.29) is 5.91 Å². The van der Waals surface area contributed by atoms with Gasteiger partial charge in [-0.2, -0.15) is 0 Å². The van der Waals surface area contributed by atoms with Crippen molar-refractivity contribution in [2.45, 2.75) is 6.92 Å². The fourth-order valence-corrected chi connectivity index (χ4v) is 2.28. The third kappa shape index (κ3) is 3.30. The molecule has 1 amide bonds. The average Bonchev–Trinajstić information content (AvgIpc) is 2.42. The first-order valence-corrected chi connectivity index (χ1v) is 7.02. The van der Waals surface area contributed by atoms with Crippen LogP contribution in [0, 0.1) is 6.92 Å². The van der Waals surface area contributed by atoms with Crippen LogP contribution in [-0.4, -0.2) is 5.91 Å². The van der Waals surface area contributed by atoms with E-state index in [9.17, 15) is 4.79 Å². The first kappa shape index (κ1) is 14.8. The second-order valence-corrected chi connectivity index (χ2v) is 5.58. The highest BCUT2D eigenvalue weighted by Gasteiger charge is 2.10. The number of rotatable bonds is 3. The van der Waals surface area contributed by atoms with E-state index < -0.39 is 0 Å². The van der Waals surface area contributed by atoms with Gasteiger partial charge in [0.05, 0.1) is 16.4 Å². The number of amides is 1. The summed E-state index contributed by atoms with van der Waals surface area (Å²) in [5.74, 6) is 5.14. The quantitative estimate of drug-likeness (QED) is 0.577. The van der Waals surface area contributed by atoms with Crippen molar-refractivity contribution < 1.29 is 4.79 Å². The minimum absolute atomic E-state index is 0.225. The van der Waals surface area contributed by atoms with E-state index in [0.717, 1.165) is 15.7 Å². The Morgan fingerprint density at radius 1 is 1.20 bits per heavy atom. The highest BCUT2D eigenvalue weighted by molar-refractivity contribution is 9.10. The molecule has 0 aliphatic heterocycles. The summed E-state index contributed by atoms with van der Waals surface area (Å²) >= 11 is 9.39. The van der Waals surface area contributed by atoms with Crippen LogP contribution >= 0.6 is 27.5 Å². The number of hydrogen-bond acceptors (Lipinski definition) is 3. The van der Waals surface area contributed by atoms with Gasteiger partial charge in [-0.3, -0.25) is 10.6 Å². The smallest absolute Gasteiger partial charge is 0.255 e. The molecule has 0 fully saturated rings. The molecule has 0 heterocycles. The van der Waals surface area contributed by atoms with Crippen molar-refractivity contribution in [3.05, 3.63) is 57.0 Å². The van der Waals surface area contributed by atoms with Crippen molar-refractivity contribution in [3.8, 4) is 0 Å². The molecule has 0 spiro atoms. The summed E-state index contributed by atoms with van der Waals surface area (Å²) in [5, 5.41) is 3.26. The third-order valence-electron chi connectivity index (χ3n) is 2.82. The lowest BCUT2D eigenvalue weighted by Gasteiger charge is -2.10. The van der Waals surface area contributed by atoms with E-state index in [0.29, 0.717) is 16.3 Å². The first-order chi connectivity index (χ1) is 9.51. The Labute approximate surface area is 130 Å². The lowest BCUT2D eigenvalue weighted by Crippen LogP contribution is -2.14. The number of aryl methyl sites for hydroxylation is 1. The van der Waals surface area contributed by atoms with E-state index in [1.165, 1.54) is 0 Å². The zero-order valence-corrected chi connectivity index (χ0v) is 13.0. The predicted octanol–water partition coefficient (Wildman–Crippen LogP) is 3.95. The average molecular weight is 355 g/mol. The molecule has 0 aromatic heterocycles. The van der Waals surface area contributed by atoms with Gasteiger partial charge < -0.3 is 10.7 Å². The van der Waals surface area contributed by atoms with Crippen molar-refractivity contribution >= 4 is 44.8 Å². The molecule has 0 radical (unpaired) electrons. The molecular formula is C14H13BrClN3O. The maximum atomic E-state index is 12.2.